The van der Waals surface area contributed by atoms with Gasteiger partial charge in [0.05, 0.1) is 11.3 Å². The quantitative estimate of drug-likeness (QED) is 0.822. The van der Waals surface area contributed by atoms with Crippen LogP contribution in [0.1, 0.15) is 29.3 Å². The number of nitrogens with one attached hydrogen (secondary N) is 1. The Morgan fingerprint density at radius 1 is 1.09 bits per heavy atom. The molecule has 0 saturated heterocycles. The van der Waals surface area contributed by atoms with Crippen LogP contribution >= 0.6 is 0 Å². The lowest BCUT2D eigenvalue weighted by atomic mass is 10.1. The Bertz CT molecular complexity index is 680. The molecule has 2 aromatic carbocycles. The number of carboxylic acid groups (broad SMARTS) is 1. The molecule has 0 unspecified atom stereocenters. The number of rotatable bonds is 7. The third-order valence-electron chi connectivity index (χ3n) is 3.26. The van der Waals surface area contributed by atoms with E-state index in [1.165, 1.54) is 11.6 Å². The number of aromatic carboxylic acids is 1. The minimum Gasteiger partial charge on any atom is -0.484 e. The maximum Gasteiger partial charge on any atom is 0.337 e. The van der Waals surface area contributed by atoms with Crippen LogP contribution in [-0.2, 0) is 11.2 Å². The van der Waals surface area contributed by atoms with E-state index in [0.717, 1.165) is 12.8 Å². The van der Waals surface area contributed by atoms with Crippen molar-refractivity contribution in [2.75, 3.05) is 11.9 Å². The standard InChI is InChI=1S/C18H19NO4/c1-2-5-13-8-10-14(11-9-13)23-12-17(20)19-16-7-4-3-6-15(16)18(21)22/h3-4,6-11H,2,5,12H2,1H3,(H,19,20)(H,21,22). The van der Waals surface area contributed by atoms with Crippen molar-refractivity contribution in [1.29, 1.82) is 0 Å². The molecule has 0 aliphatic rings. The van der Waals surface area contributed by atoms with E-state index in [9.17, 15) is 9.59 Å². The number of anilines is 1. The summed E-state index contributed by atoms with van der Waals surface area (Å²) in [5.74, 6) is -0.892. The molecule has 0 spiro atoms. The summed E-state index contributed by atoms with van der Waals surface area (Å²) in [5.41, 5.74) is 1.52. The van der Waals surface area contributed by atoms with E-state index in [1.54, 1.807) is 18.2 Å². The zero-order valence-corrected chi connectivity index (χ0v) is 12.9. The predicted molar refractivity (Wildman–Crippen MR) is 88.0 cm³/mol. The first kappa shape index (κ1) is 16.5. The van der Waals surface area contributed by atoms with E-state index in [1.807, 2.05) is 24.3 Å². The van der Waals surface area contributed by atoms with Gasteiger partial charge in [0.2, 0.25) is 0 Å². The van der Waals surface area contributed by atoms with Crippen molar-refractivity contribution in [1.82, 2.24) is 0 Å². The number of para-hydroxylation sites is 1. The number of carbonyl (C=O) groups excluding carboxylic acids is 1. The highest BCUT2D eigenvalue weighted by atomic mass is 16.5. The highest BCUT2D eigenvalue weighted by Crippen LogP contribution is 2.16. The average Bonchev–Trinajstić information content (AvgIpc) is 2.55. The van der Waals surface area contributed by atoms with Crippen molar-refractivity contribution in [3.05, 3.63) is 59.7 Å². The van der Waals surface area contributed by atoms with Crippen molar-refractivity contribution in [3.8, 4) is 5.75 Å². The number of hydrogen-bond acceptors (Lipinski definition) is 3. The second-order valence-electron chi connectivity index (χ2n) is 5.08. The number of carbonyl (C=O) groups is 2. The average molecular weight is 313 g/mol. The van der Waals surface area contributed by atoms with Gasteiger partial charge in [-0.2, -0.15) is 0 Å². The van der Waals surface area contributed by atoms with Crippen molar-refractivity contribution in [2.24, 2.45) is 0 Å². The molecule has 2 N–H and O–H groups in total. The van der Waals surface area contributed by atoms with Gasteiger partial charge in [-0.25, -0.2) is 4.79 Å². The molecule has 0 aliphatic heterocycles. The van der Waals surface area contributed by atoms with Gasteiger partial charge in [-0.1, -0.05) is 37.6 Å². The predicted octanol–water partition coefficient (Wildman–Crippen LogP) is 3.35. The number of ether oxygens (including phenoxy) is 1. The summed E-state index contributed by atoms with van der Waals surface area (Å²) in [6, 6.07) is 13.8. The Balaban J connectivity index is 1.91. The maximum atomic E-state index is 11.9. The largest absolute Gasteiger partial charge is 0.484 e. The number of aryl methyl sites for hydroxylation is 1. The van der Waals surface area contributed by atoms with Crippen molar-refractivity contribution in [2.45, 2.75) is 19.8 Å². The van der Waals surface area contributed by atoms with E-state index >= 15 is 0 Å². The first-order valence-electron chi connectivity index (χ1n) is 7.44. The fraction of sp³-hybridized carbons (Fsp3) is 0.222. The fourth-order valence-corrected chi connectivity index (χ4v) is 2.15. The Labute approximate surface area is 134 Å². The van der Waals surface area contributed by atoms with Crippen molar-refractivity contribution in [3.63, 3.8) is 0 Å². The van der Waals surface area contributed by atoms with Crippen LogP contribution in [0.25, 0.3) is 0 Å². The normalized spacial score (nSPS) is 10.1. The van der Waals surface area contributed by atoms with Crippen LogP contribution in [0.5, 0.6) is 5.75 Å². The molecular weight excluding hydrogens is 294 g/mol. The van der Waals surface area contributed by atoms with Gasteiger partial charge in [0.1, 0.15) is 5.75 Å². The van der Waals surface area contributed by atoms with Crippen molar-refractivity contribution >= 4 is 17.6 Å². The van der Waals surface area contributed by atoms with Gasteiger partial charge in [0.15, 0.2) is 6.61 Å². The summed E-state index contributed by atoms with van der Waals surface area (Å²) in [5, 5.41) is 11.6. The summed E-state index contributed by atoms with van der Waals surface area (Å²) in [6.07, 6.45) is 2.08. The zero-order valence-electron chi connectivity index (χ0n) is 12.9. The monoisotopic (exact) mass is 313 g/mol. The first-order valence-corrected chi connectivity index (χ1v) is 7.44. The maximum absolute atomic E-state index is 11.9. The van der Waals surface area contributed by atoms with Crippen LogP contribution in [0.3, 0.4) is 0 Å². The van der Waals surface area contributed by atoms with Crippen LogP contribution in [0, 0.1) is 0 Å². The minimum atomic E-state index is -1.09. The summed E-state index contributed by atoms with van der Waals surface area (Å²) in [4.78, 5) is 23.0. The fourth-order valence-electron chi connectivity index (χ4n) is 2.15. The third-order valence-corrected chi connectivity index (χ3v) is 3.26. The molecular formula is C18H19NO4. The van der Waals surface area contributed by atoms with Crippen LogP contribution < -0.4 is 10.1 Å². The molecule has 0 saturated carbocycles. The Hall–Kier alpha value is -2.82. The van der Waals surface area contributed by atoms with Gasteiger partial charge in [-0.05, 0) is 36.2 Å². The Morgan fingerprint density at radius 2 is 1.78 bits per heavy atom. The smallest absolute Gasteiger partial charge is 0.337 e. The van der Waals surface area contributed by atoms with Crippen LogP contribution in [0.2, 0.25) is 0 Å². The minimum absolute atomic E-state index is 0.0461. The lowest BCUT2D eigenvalue weighted by Gasteiger charge is -2.10. The molecule has 2 aromatic rings. The molecule has 23 heavy (non-hydrogen) atoms. The van der Waals surface area contributed by atoms with E-state index in [0.29, 0.717) is 5.75 Å². The van der Waals surface area contributed by atoms with Crippen LogP contribution in [0.4, 0.5) is 5.69 Å². The third kappa shape index (κ3) is 4.85. The summed E-state index contributed by atoms with van der Waals surface area (Å²) in [6.45, 7) is 1.94. The van der Waals surface area contributed by atoms with Crippen LogP contribution in [0.15, 0.2) is 48.5 Å². The first-order chi connectivity index (χ1) is 11.1. The van der Waals surface area contributed by atoms with Gasteiger partial charge in [-0.15, -0.1) is 0 Å². The van der Waals surface area contributed by atoms with Gasteiger partial charge in [0, 0.05) is 0 Å². The Kier molecular flexibility index (Phi) is 5.74. The number of amides is 1. The molecule has 0 fully saturated rings. The molecule has 0 atom stereocenters. The van der Waals surface area contributed by atoms with E-state index in [2.05, 4.69) is 12.2 Å². The molecule has 0 aliphatic carbocycles. The molecule has 2 rings (SSSR count). The lowest BCUT2D eigenvalue weighted by Crippen LogP contribution is -2.21. The molecule has 0 heterocycles. The van der Waals surface area contributed by atoms with Gasteiger partial charge < -0.3 is 15.2 Å². The van der Waals surface area contributed by atoms with Crippen LogP contribution in [-0.4, -0.2) is 23.6 Å². The van der Waals surface area contributed by atoms with Gasteiger partial charge >= 0.3 is 5.97 Å². The van der Waals surface area contributed by atoms with E-state index in [-0.39, 0.29) is 17.9 Å². The number of carboxylic acids is 1. The molecule has 0 radical (unpaired) electrons. The van der Waals surface area contributed by atoms with E-state index < -0.39 is 11.9 Å². The highest BCUT2D eigenvalue weighted by molar-refractivity contribution is 6.00. The molecule has 120 valence electrons. The molecule has 1 amide bonds. The zero-order chi connectivity index (χ0) is 16.7. The Morgan fingerprint density at radius 3 is 2.43 bits per heavy atom. The molecule has 0 bridgehead atoms. The number of hydrogen-bond donors (Lipinski definition) is 2. The van der Waals surface area contributed by atoms with Gasteiger partial charge in [-0.3, -0.25) is 4.79 Å². The highest BCUT2D eigenvalue weighted by Gasteiger charge is 2.11. The van der Waals surface area contributed by atoms with Gasteiger partial charge in [0.25, 0.3) is 5.91 Å². The summed E-state index contributed by atoms with van der Waals surface area (Å²) < 4.78 is 5.41. The molecule has 5 heteroatoms. The topological polar surface area (TPSA) is 75.6 Å². The second kappa shape index (κ2) is 7.98. The summed E-state index contributed by atoms with van der Waals surface area (Å²) in [7, 11) is 0. The number of benzene rings is 2. The molecule has 5 nitrogen and oxygen atoms in total. The van der Waals surface area contributed by atoms with E-state index in [4.69, 9.17) is 9.84 Å². The molecule has 0 aromatic heterocycles. The lowest BCUT2D eigenvalue weighted by molar-refractivity contribution is -0.118. The van der Waals surface area contributed by atoms with Crippen molar-refractivity contribution < 1.29 is 19.4 Å². The summed E-state index contributed by atoms with van der Waals surface area (Å²) >= 11 is 0. The SMILES string of the molecule is CCCc1ccc(OCC(=O)Nc2ccccc2C(=O)O)cc1. The second-order valence-corrected chi connectivity index (χ2v) is 5.08.